The maximum absolute atomic E-state index is 12.0. The van der Waals surface area contributed by atoms with Crippen LogP contribution < -0.4 is 4.74 Å². The van der Waals surface area contributed by atoms with E-state index in [4.69, 9.17) is 28.4 Å². The average Bonchev–Trinajstić information content (AvgIpc) is 3.34. The summed E-state index contributed by atoms with van der Waals surface area (Å²) < 4.78 is 34.9. The highest BCUT2D eigenvalue weighted by Gasteiger charge is 2.40. The summed E-state index contributed by atoms with van der Waals surface area (Å²) in [5.74, 6) is 0.0600. The summed E-state index contributed by atoms with van der Waals surface area (Å²) in [5.41, 5.74) is 2.47. The highest BCUT2D eigenvalue weighted by Crippen LogP contribution is 2.34. The number of hydrogen-bond donors (Lipinski definition) is 0. The Labute approximate surface area is 182 Å². The first kappa shape index (κ1) is 23.4. The van der Waals surface area contributed by atoms with Crippen LogP contribution in [0, 0.1) is 0 Å². The molecule has 0 spiro atoms. The van der Waals surface area contributed by atoms with Gasteiger partial charge in [-0.1, -0.05) is 12.1 Å². The van der Waals surface area contributed by atoms with E-state index in [-0.39, 0.29) is 19.7 Å². The lowest BCUT2D eigenvalue weighted by atomic mass is 10.1. The van der Waals surface area contributed by atoms with Crippen LogP contribution in [0.4, 0.5) is 0 Å². The fourth-order valence-electron chi connectivity index (χ4n) is 3.61. The predicted molar refractivity (Wildman–Crippen MR) is 113 cm³/mol. The van der Waals surface area contributed by atoms with Gasteiger partial charge in [0.05, 0.1) is 12.3 Å². The molecule has 8 nitrogen and oxygen atoms in total. The number of aryl methyl sites for hydroxylation is 2. The van der Waals surface area contributed by atoms with Gasteiger partial charge in [0.2, 0.25) is 0 Å². The van der Waals surface area contributed by atoms with E-state index in [1.165, 1.54) is 0 Å². The molecule has 3 rings (SSSR count). The fraction of sp³-hybridized carbons (Fsp3) is 0.522. The molecular formula is C23H31NO7. The third-order valence-corrected chi connectivity index (χ3v) is 5.10. The van der Waals surface area contributed by atoms with E-state index >= 15 is 0 Å². The molecule has 2 atom stereocenters. The number of benzene rings is 1. The van der Waals surface area contributed by atoms with Gasteiger partial charge < -0.3 is 33.0 Å². The minimum Gasteiger partial charge on any atom is -0.468 e. The molecule has 31 heavy (non-hydrogen) atoms. The van der Waals surface area contributed by atoms with Crippen molar-refractivity contribution in [3.05, 3.63) is 53.3 Å². The molecule has 170 valence electrons. The molecule has 0 saturated carbocycles. The first-order valence-electron chi connectivity index (χ1n) is 10.2. The van der Waals surface area contributed by atoms with E-state index in [0.29, 0.717) is 18.8 Å². The van der Waals surface area contributed by atoms with Crippen molar-refractivity contribution in [2.24, 2.45) is 0 Å². The molecule has 0 radical (unpaired) electrons. The third-order valence-electron chi connectivity index (χ3n) is 5.10. The number of aromatic nitrogens is 1. The molecule has 2 heterocycles. The van der Waals surface area contributed by atoms with Gasteiger partial charge in [0.25, 0.3) is 0 Å². The van der Waals surface area contributed by atoms with E-state index in [1.54, 1.807) is 14.2 Å². The maximum Gasteiger partial charge on any atom is 0.188 e. The lowest BCUT2D eigenvalue weighted by Gasteiger charge is -2.24. The second kappa shape index (κ2) is 10.9. The maximum atomic E-state index is 12.0. The third kappa shape index (κ3) is 6.15. The quantitative estimate of drug-likeness (QED) is 0.375. The van der Waals surface area contributed by atoms with Crippen LogP contribution >= 0.6 is 0 Å². The lowest BCUT2D eigenvalue weighted by Crippen LogP contribution is -2.28. The minimum absolute atomic E-state index is 0.0892. The highest BCUT2D eigenvalue weighted by molar-refractivity contribution is 5.75. The number of hydrogen-bond acceptors (Lipinski definition) is 7. The van der Waals surface area contributed by atoms with Crippen LogP contribution in [0.15, 0.2) is 36.5 Å². The molecule has 1 fully saturated rings. The summed E-state index contributed by atoms with van der Waals surface area (Å²) in [6.07, 6.45) is 2.72. The summed E-state index contributed by atoms with van der Waals surface area (Å²) in [7, 11) is 3.15. The van der Waals surface area contributed by atoms with Gasteiger partial charge in [-0.05, 0) is 44.0 Å². The van der Waals surface area contributed by atoms with Gasteiger partial charge in [-0.15, -0.1) is 0 Å². The van der Waals surface area contributed by atoms with E-state index < -0.39 is 11.9 Å². The van der Waals surface area contributed by atoms with Crippen LogP contribution in [-0.4, -0.2) is 57.2 Å². The number of ether oxygens (including phenoxy) is 6. The summed E-state index contributed by atoms with van der Waals surface area (Å²) in [6, 6.07) is 9.73. The number of nitrogens with zero attached hydrogens (tertiary/aromatic N) is 1. The van der Waals surface area contributed by atoms with Gasteiger partial charge in [-0.3, -0.25) is 4.79 Å². The van der Waals surface area contributed by atoms with Gasteiger partial charge >= 0.3 is 0 Å². The van der Waals surface area contributed by atoms with E-state index in [2.05, 4.69) is 0 Å². The van der Waals surface area contributed by atoms with Crippen LogP contribution in [0.5, 0.6) is 5.75 Å². The van der Waals surface area contributed by atoms with Crippen molar-refractivity contribution in [2.45, 2.75) is 44.8 Å². The zero-order chi connectivity index (χ0) is 22.3. The SMILES string of the molecule is COCOc1ccc(CCn2ccc(C(OCOC)C3COC(C)(C)O3)c2C=O)cc1. The van der Waals surface area contributed by atoms with Crippen molar-refractivity contribution in [2.75, 3.05) is 34.4 Å². The monoisotopic (exact) mass is 433 g/mol. The molecule has 0 N–H and O–H groups in total. The van der Waals surface area contributed by atoms with E-state index in [1.807, 2.05) is 54.9 Å². The van der Waals surface area contributed by atoms with Crippen molar-refractivity contribution >= 4 is 6.29 Å². The lowest BCUT2D eigenvalue weighted by molar-refractivity contribution is -0.170. The highest BCUT2D eigenvalue weighted by atomic mass is 16.8. The van der Waals surface area contributed by atoms with Crippen molar-refractivity contribution in [1.29, 1.82) is 0 Å². The largest absolute Gasteiger partial charge is 0.468 e. The molecular weight excluding hydrogens is 402 g/mol. The standard InChI is InChI=1S/C23H31NO7/c1-23(2)30-14-21(31-23)22(29-16-27-4)19-10-12-24(20(19)13-25)11-9-17-5-7-18(8-6-17)28-15-26-3/h5-8,10,12-13,21-22H,9,11,14-16H2,1-4H3. The summed E-state index contributed by atoms with van der Waals surface area (Å²) >= 11 is 0. The second-order valence-corrected chi connectivity index (χ2v) is 7.77. The topological polar surface area (TPSA) is 77.4 Å². The van der Waals surface area contributed by atoms with Crippen molar-refractivity contribution in [3.8, 4) is 5.75 Å². The van der Waals surface area contributed by atoms with Crippen molar-refractivity contribution in [1.82, 2.24) is 4.57 Å². The number of carbonyl (C=O) groups excluding carboxylic acids is 1. The predicted octanol–water partition coefficient (Wildman–Crippen LogP) is 3.34. The van der Waals surface area contributed by atoms with Crippen LogP contribution in [0.2, 0.25) is 0 Å². The first-order valence-corrected chi connectivity index (χ1v) is 10.2. The van der Waals surface area contributed by atoms with Crippen LogP contribution in [-0.2, 0) is 36.6 Å². The van der Waals surface area contributed by atoms with E-state index in [9.17, 15) is 4.79 Å². The summed E-state index contributed by atoms with van der Waals surface area (Å²) in [4.78, 5) is 12.0. The Morgan fingerprint density at radius 2 is 1.90 bits per heavy atom. The van der Waals surface area contributed by atoms with Gasteiger partial charge in [0.15, 0.2) is 18.9 Å². The molecule has 1 aliphatic heterocycles. The molecule has 0 bridgehead atoms. The number of methoxy groups -OCH3 is 2. The van der Waals surface area contributed by atoms with Gasteiger partial charge in [0, 0.05) is 32.5 Å². The Morgan fingerprint density at radius 1 is 1.16 bits per heavy atom. The van der Waals surface area contributed by atoms with Crippen LogP contribution in [0.25, 0.3) is 0 Å². The molecule has 1 aromatic carbocycles. The molecule has 1 aliphatic rings. The Balaban J connectivity index is 1.71. The molecule has 0 aliphatic carbocycles. The average molecular weight is 434 g/mol. The minimum atomic E-state index is -0.692. The normalized spacial score (nSPS) is 18.8. The van der Waals surface area contributed by atoms with Crippen LogP contribution in [0.1, 0.15) is 41.6 Å². The summed E-state index contributed by atoms with van der Waals surface area (Å²) in [5, 5.41) is 0. The van der Waals surface area contributed by atoms with Gasteiger partial charge in [-0.25, -0.2) is 0 Å². The second-order valence-electron chi connectivity index (χ2n) is 7.77. The molecule has 1 saturated heterocycles. The Morgan fingerprint density at radius 3 is 2.52 bits per heavy atom. The Kier molecular flexibility index (Phi) is 8.22. The molecule has 2 unspecified atom stereocenters. The Bertz CT molecular complexity index is 831. The van der Waals surface area contributed by atoms with Gasteiger partial charge in [-0.2, -0.15) is 0 Å². The zero-order valence-electron chi connectivity index (χ0n) is 18.5. The molecule has 2 aromatic rings. The van der Waals surface area contributed by atoms with Gasteiger partial charge in [0.1, 0.15) is 24.8 Å². The fourth-order valence-corrected chi connectivity index (χ4v) is 3.61. The van der Waals surface area contributed by atoms with E-state index in [0.717, 1.165) is 29.6 Å². The summed E-state index contributed by atoms with van der Waals surface area (Å²) in [6.45, 7) is 5.05. The number of carbonyl (C=O) groups is 1. The van der Waals surface area contributed by atoms with Crippen molar-refractivity contribution in [3.63, 3.8) is 0 Å². The number of aldehydes is 1. The first-order chi connectivity index (χ1) is 15.0. The molecule has 8 heteroatoms. The smallest absolute Gasteiger partial charge is 0.188 e. The molecule has 0 amide bonds. The molecule has 1 aromatic heterocycles. The van der Waals surface area contributed by atoms with Crippen LogP contribution in [0.3, 0.4) is 0 Å². The number of rotatable bonds is 12. The zero-order valence-corrected chi connectivity index (χ0v) is 18.5. The Hall–Kier alpha value is -2.23. The van der Waals surface area contributed by atoms with Crippen molar-refractivity contribution < 1.29 is 33.2 Å².